The number of nitrogens with one attached hydrogen (secondary N) is 1. The second-order valence-electron chi connectivity index (χ2n) is 4.91. The largest absolute Gasteiger partial charge is 0.364 e. The fraction of sp³-hybridized carbons (Fsp3) is 0.571. The van der Waals surface area contributed by atoms with Crippen molar-refractivity contribution in [1.82, 2.24) is 5.32 Å². The number of hydrogen-bond donors (Lipinski definition) is 1. The molecule has 0 aromatic heterocycles. The first-order valence-corrected chi connectivity index (χ1v) is 6.56. The maximum atomic E-state index is 13.8. The second-order valence-corrected chi connectivity index (χ2v) is 4.91. The quantitative estimate of drug-likeness (QED) is 0.892. The van der Waals surface area contributed by atoms with Gasteiger partial charge in [-0.05, 0) is 25.0 Å². The van der Waals surface area contributed by atoms with Gasteiger partial charge < -0.3 is 10.2 Å². The van der Waals surface area contributed by atoms with Crippen LogP contribution in [0, 0.1) is 11.6 Å². The monoisotopic (exact) mass is 254 g/mol. The van der Waals surface area contributed by atoms with E-state index in [1.165, 1.54) is 18.2 Å². The van der Waals surface area contributed by atoms with Crippen molar-refractivity contribution in [3.63, 3.8) is 0 Å². The van der Waals surface area contributed by atoms with Gasteiger partial charge in [-0.25, -0.2) is 8.78 Å². The lowest BCUT2D eigenvalue weighted by atomic mass is 9.90. The molecule has 1 aliphatic heterocycles. The van der Waals surface area contributed by atoms with Crippen LogP contribution < -0.4 is 10.2 Å². The van der Waals surface area contributed by atoms with Crippen LogP contribution in [0.1, 0.15) is 26.7 Å². The van der Waals surface area contributed by atoms with Crippen molar-refractivity contribution in [2.24, 2.45) is 0 Å². The number of benzene rings is 1. The highest BCUT2D eigenvalue weighted by Gasteiger charge is 2.33. The third kappa shape index (κ3) is 2.34. The predicted molar refractivity (Wildman–Crippen MR) is 69.9 cm³/mol. The van der Waals surface area contributed by atoms with Crippen LogP contribution in [0.2, 0.25) is 0 Å². The molecule has 4 heteroatoms. The molecule has 0 unspecified atom stereocenters. The summed E-state index contributed by atoms with van der Waals surface area (Å²) in [7, 11) is 0. The van der Waals surface area contributed by atoms with Gasteiger partial charge >= 0.3 is 0 Å². The molecular formula is C14H20F2N2. The van der Waals surface area contributed by atoms with Gasteiger partial charge in [0, 0.05) is 25.2 Å². The van der Waals surface area contributed by atoms with Gasteiger partial charge in [-0.3, -0.25) is 0 Å². The molecule has 100 valence electrons. The van der Waals surface area contributed by atoms with Crippen molar-refractivity contribution in [1.29, 1.82) is 0 Å². The molecule has 0 aliphatic carbocycles. The molecule has 1 aromatic rings. The lowest BCUT2D eigenvalue weighted by Crippen LogP contribution is -2.60. The summed E-state index contributed by atoms with van der Waals surface area (Å²) in [4.78, 5) is 1.83. The first-order valence-electron chi connectivity index (χ1n) is 6.56. The number of piperazine rings is 1. The Hall–Kier alpha value is -1.16. The predicted octanol–water partition coefficient (Wildman–Crippen LogP) is 2.93. The highest BCUT2D eigenvalue weighted by atomic mass is 19.1. The molecule has 0 bridgehead atoms. The van der Waals surface area contributed by atoms with E-state index in [-0.39, 0.29) is 11.2 Å². The summed E-state index contributed by atoms with van der Waals surface area (Å²) >= 11 is 0. The zero-order chi connectivity index (χ0) is 13.2. The van der Waals surface area contributed by atoms with E-state index in [0.29, 0.717) is 13.1 Å². The topological polar surface area (TPSA) is 15.3 Å². The first kappa shape index (κ1) is 13.3. The Morgan fingerprint density at radius 2 is 1.83 bits per heavy atom. The average Bonchev–Trinajstić information content (AvgIpc) is 2.39. The molecule has 2 nitrogen and oxygen atoms in total. The Morgan fingerprint density at radius 3 is 2.39 bits per heavy atom. The Labute approximate surface area is 107 Å². The van der Waals surface area contributed by atoms with E-state index in [4.69, 9.17) is 0 Å². The Kier molecular flexibility index (Phi) is 3.85. The molecule has 1 N–H and O–H groups in total. The highest BCUT2D eigenvalue weighted by molar-refractivity contribution is 5.50. The first-order chi connectivity index (χ1) is 8.62. The average molecular weight is 254 g/mol. The van der Waals surface area contributed by atoms with Crippen molar-refractivity contribution in [2.75, 3.05) is 24.5 Å². The fourth-order valence-electron chi connectivity index (χ4n) is 2.66. The van der Waals surface area contributed by atoms with E-state index in [1.807, 2.05) is 4.90 Å². The zero-order valence-corrected chi connectivity index (χ0v) is 11.0. The van der Waals surface area contributed by atoms with Gasteiger partial charge in [-0.15, -0.1) is 0 Å². The van der Waals surface area contributed by atoms with Gasteiger partial charge in [0.15, 0.2) is 0 Å². The van der Waals surface area contributed by atoms with Crippen LogP contribution in [0.15, 0.2) is 18.2 Å². The molecule has 0 amide bonds. The molecule has 0 radical (unpaired) electrons. The summed E-state index contributed by atoms with van der Waals surface area (Å²) in [6.07, 6.45) is 1.91. The lowest BCUT2D eigenvalue weighted by Gasteiger charge is -2.44. The summed E-state index contributed by atoms with van der Waals surface area (Å²) in [6, 6.07) is 4.04. The van der Waals surface area contributed by atoms with Crippen molar-refractivity contribution in [3.8, 4) is 0 Å². The SMILES string of the molecule is CCC1(CC)CN(c2c(F)cccc2F)CCN1. The van der Waals surface area contributed by atoms with E-state index < -0.39 is 11.6 Å². The smallest absolute Gasteiger partial charge is 0.149 e. The number of anilines is 1. The minimum Gasteiger partial charge on any atom is -0.364 e. The molecule has 2 rings (SSSR count). The van der Waals surface area contributed by atoms with Gasteiger partial charge in [0.1, 0.15) is 17.3 Å². The standard InChI is InChI=1S/C14H20F2N2/c1-3-14(4-2)10-18(9-8-17-14)13-11(15)6-5-7-12(13)16/h5-7,17H,3-4,8-10H2,1-2H3. The van der Waals surface area contributed by atoms with Crippen LogP contribution in [0.5, 0.6) is 0 Å². The summed E-state index contributed by atoms with van der Waals surface area (Å²) < 4.78 is 27.6. The Morgan fingerprint density at radius 1 is 1.22 bits per heavy atom. The molecule has 0 spiro atoms. The normalized spacial score (nSPS) is 19.0. The van der Waals surface area contributed by atoms with Gasteiger partial charge in [0.05, 0.1) is 0 Å². The summed E-state index contributed by atoms with van der Waals surface area (Å²) in [5.74, 6) is -0.948. The molecule has 1 aliphatic rings. The van der Waals surface area contributed by atoms with E-state index in [0.717, 1.165) is 19.4 Å². The third-order valence-electron chi connectivity index (χ3n) is 3.98. The summed E-state index contributed by atoms with van der Waals surface area (Å²) in [6.45, 7) is 6.27. The molecule has 1 fully saturated rings. The van der Waals surface area contributed by atoms with Crippen molar-refractivity contribution in [2.45, 2.75) is 32.2 Å². The number of hydrogen-bond acceptors (Lipinski definition) is 2. The molecule has 1 saturated heterocycles. The van der Waals surface area contributed by atoms with Crippen LogP contribution in [-0.4, -0.2) is 25.2 Å². The maximum absolute atomic E-state index is 13.8. The second kappa shape index (κ2) is 5.22. The number of halogens is 2. The van der Waals surface area contributed by atoms with Crippen LogP contribution >= 0.6 is 0 Å². The van der Waals surface area contributed by atoms with E-state index in [2.05, 4.69) is 19.2 Å². The molecule has 1 aromatic carbocycles. The maximum Gasteiger partial charge on any atom is 0.149 e. The van der Waals surface area contributed by atoms with Crippen molar-refractivity contribution >= 4 is 5.69 Å². The molecule has 0 saturated carbocycles. The van der Waals surface area contributed by atoms with Gasteiger partial charge in [-0.2, -0.15) is 0 Å². The van der Waals surface area contributed by atoms with Gasteiger partial charge in [-0.1, -0.05) is 19.9 Å². The van der Waals surface area contributed by atoms with E-state index in [9.17, 15) is 8.78 Å². The number of rotatable bonds is 3. The summed E-state index contributed by atoms with van der Waals surface area (Å²) in [5, 5.41) is 3.48. The van der Waals surface area contributed by atoms with Crippen LogP contribution in [0.3, 0.4) is 0 Å². The van der Waals surface area contributed by atoms with Gasteiger partial charge in [0.25, 0.3) is 0 Å². The minimum atomic E-state index is -0.474. The highest BCUT2D eigenvalue weighted by Crippen LogP contribution is 2.28. The number of para-hydroxylation sites is 1. The van der Waals surface area contributed by atoms with Crippen LogP contribution in [-0.2, 0) is 0 Å². The van der Waals surface area contributed by atoms with Crippen LogP contribution in [0.4, 0.5) is 14.5 Å². The Bertz CT molecular complexity index is 396. The van der Waals surface area contributed by atoms with Gasteiger partial charge in [0.2, 0.25) is 0 Å². The fourth-order valence-corrected chi connectivity index (χ4v) is 2.66. The zero-order valence-electron chi connectivity index (χ0n) is 11.0. The van der Waals surface area contributed by atoms with Crippen LogP contribution in [0.25, 0.3) is 0 Å². The molecule has 1 heterocycles. The van der Waals surface area contributed by atoms with E-state index in [1.54, 1.807) is 0 Å². The molecular weight excluding hydrogens is 234 g/mol. The molecule has 18 heavy (non-hydrogen) atoms. The minimum absolute atomic E-state index is 0.0348. The van der Waals surface area contributed by atoms with Crippen molar-refractivity contribution < 1.29 is 8.78 Å². The van der Waals surface area contributed by atoms with Crippen molar-refractivity contribution in [3.05, 3.63) is 29.8 Å². The van der Waals surface area contributed by atoms with E-state index >= 15 is 0 Å². The number of nitrogens with zero attached hydrogens (tertiary/aromatic N) is 1. The lowest BCUT2D eigenvalue weighted by molar-refractivity contribution is 0.275. The Balaban J connectivity index is 2.28. The molecule has 0 atom stereocenters. The summed E-state index contributed by atoms with van der Waals surface area (Å²) in [5.41, 5.74) is 0.0812. The third-order valence-corrected chi connectivity index (χ3v) is 3.98.